The second-order valence-corrected chi connectivity index (χ2v) is 9.93. The van der Waals surface area contributed by atoms with Gasteiger partial charge < -0.3 is 0 Å². The van der Waals surface area contributed by atoms with Gasteiger partial charge in [0, 0.05) is 17.3 Å². The van der Waals surface area contributed by atoms with Gasteiger partial charge in [-0.3, -0.25) is 14.4 Å². The van der Waals surface area contributed by atoms with Gasteiger partial charge >= 0.3 is 0 Å². The molecular weight excluding hydrogens is 463 g/mol. The van der Waals surface area contributed by atoms with Crippen LogP contribution < -0.4 is 4.90 Å². The average Bonchev–Trinajstić information content (AvgIpc) is 3.29. The summed E-state index contributed by atoms with van der Waals surface area (Å²) in [5, 5.41) is 5.99. The normalized spacial score (nSPS) is 11.5. The number of nitrogens with zero attached hydrogens (tertiary/aromatic N) is 4. The molecule has 0 fully saturated rings. The van der Waals surface area contributed by atoms with E-state index in [4.69, 9.17) is 28.2 Å². The fourth-order valence-corrected chi connectivity index (χ4v) is 5.24. The van der Waals surface area contributed by atoms with Gasteiger partial charge in [0.2, 0.25) is 0 Å². The third-order valence-electron chi connectivity index (χ3n) is 5.34. The number of aromatic nitrogens is 3. The number of hydrogen-bond donors (Lipinski definition) is 0. The Balaban J connectivity index is 1.76. The smallest absolute Gasteiger partial charge is 0.261 e. The van der Waals surface area contributed by atoms with Crippen LogP contribution in [0.5, 0.6) is 0 Å². The molecule has 0 atom stereocenters. The van der Waals surface area contributed by atoms with Crippen molar-refractivity contribution in [3.8, 4) is 0 Å². The monoisotopic (exact) mass is 486 g/mol. The number of para-hydroxylation sites is 1. The first kappa shape index (κ1) is 22.8. The average molecular weight is 487 g/mol. The number of hydrogen-bond acceptors (Lipinski definition) is 4. The number of benzene rings is 2. The number of carbonyl (C=O) groups is 1. The van der Waals surface area contributed by atoms with Crippen LogP contribution in [0.4, 0.5) is 5.13 Å². The highest BCUT2D eigenvalue weighted by Crippen LogP contribution is 2.35. The summed E-state index contributed by atoms with van der Waals surface area (Å²) in [4.78, 5) is 20.2. The van der Waals surface area contributed by atoms with Crippen molar-refractivity contribution in [3.05, 3.63) is 75.0 Å². The lowest BCUT2D eigenvalue weighted by Gasteiger charge is -2.21. The Kier molecular flexibility index (Phi) is 6.56. The van der Waals surface area contributed by atoms with Gasteiger partial charge in [0.1, 0.15) is 0 Å². The van der Waals surface area contributed by atoms with Crippen LogP contribution in [0.25, 0.3) is 10.2 Å². The molecule has 0 aliphatic rings. The Labute approximate surface area is 201 Å². The van der Waals surface area contributed by atoms with E-state index >= 15 is 0 Å². The van der Waals surface area contributed by atoms with Crippen molar-refractivity contribution in [2.45, 2.75) is 40.2 Å². The highest BCUT2D eigenvalue weighted by molar-refractivity contribution is 7.22. The van der Waals surface area contributed by atoms with E-state index in [1.807, 2.05) is 36.7 Å². The maximum absolute atomic E-state index is 13.6. The molecule has 2 aromatic carbocycles. The zero-order valence-corrected chi connectivity index (χ0v) is 20.7. The Morgan fingerprint density at radius 3 is 2.59 bits per heavy atom. The van der Waals surface area contributed by atoms with Gasteiger partial charge in [0.05, 0.1) is 33.0 Å². The molecule has 4 rings (SSSR count). The van der Waals surface area contributed by atoms with Crippen LogP contribution in [0.15, 0.2) is 42.5 Å². The summed E-state index contributed by atoms with van der Waals surface area (Å²) in [6, 6.07) is 13.1. The van der Waals surface area contributed by atoms with Gasteiger partial charge in [-0.05, 0) is 55.7 Å². The number of rotatable bonds is 6. The fourth-order valence-electron chi connectivity index (χ4n) is 3.73. The molecule has 0 bridgehead atoms. The highest BCUT2D eigenvalue weighted by atomic mass is 35.5. The van der Waals surface area contributed by atoms with Crippen molar-refractivity contribution < 1.29 is 4.79 Å². The minimum Gasteiger partial charge on any atom is -0.282 e. The van der Waals surface area contributed by atoms with Crippen molar-refractivity contribution in [2.24, 2.45) is 0 Å². The molecule has 0 radical (unpaired) electrons. The number of carbonyl (C=O) groups excluding carboxylic acids is 1. The third-order valence-corrected chi connectivity index (χ3v) is 6.93. The number of halogens is 2. The van der Waals surface area contributed by atoms with Gasteiger partial charge in [0.25, 0.3) is 5.91 Å². The standard InChI is InChI=1S/C24H24Cl2N4OS/c1-14(2)18-6-5-7-21-22(18)27-24(32-21)29(10-11-30-16(4)12-15(3)28-30)23(31)19-9-8-17(25)13-20(19)26/h5-9,12-14H,10-11H2,1-4H3. The molecule has 2 heterocycles. The first-order valence-corrected chi connectivity index (χ1v) is 12.0. The lowest BCUT2D eigenvalue weighted by molar-refractivity contribution is 0.0986. The molecule has 1 amide bonds. The predicted molar refractivity (Wildman–Crippen MR) is 134 cm³/mol. The molecule has 0 aliphatic heterocycles. The lowest BCUT2D eigenvalue weighted by Crippen LogP contribution is -2.34. The minimum absolute atomic E-state index is 0.210. The number of thiazole rings is 1. The third kappa shape index (κ3) is 4.53. The van der Waals surface area contributed by atoms with Crippen molar-refractivity contribution >= 4 is 55.8 Å². The molecule has 4 aromatic rings. The van der Waals surface area contributed by atoms with Crippen LogP contribution in [0.2, 0.25) is 10.0 Å². The summed E-state index contributed by atoms with van der Waals surface area (Å²) >= 11 is 13.9. The SMILES string of the molecule is Cc1cc(C)n(CCN(C(=O)c2ccc(Cl)cc2Cl)c2nc3c(C(C)C)cccc3s2)n1. The first-order chi connectivity index (χ1) is 15.2. The van der Waals surface area contributed by atoms with E-state index < -0.39 is 0 Å². The minimum atomic E-state index is -0.210. The molecule has 0 saturated heterocycles. The molecule has 5 nitrogen and oxygen atoms in total. The molecule has 8 heteroatoms. The first-order valence-electron chi connectivity index (χ1n) is 10.4. The van der Waals surface area contributed by atoms with Crippen molar-refractivity contribution in [2.75, 3.05) is 11.4 Å². The Morgan fingerprint density at radius 2 is 1.94 bits per heavy atom. The van der Waals surface area contributed by atoms with Crippen LogP contribution in [-0.2, 0) is 6.54 Å². The molecule has 2 aromatic heterocycles. The molecule has 0 aliphatic carbocycles. The summed E-state index contributed by atoms with van der Waals surface area (Å²) in [6.45, 7) is 9.22. The van der Waals surface area contributed by atoms with Gasteiger partial charge in [-0.15, -0.1) is 0 Å². The van der Waals surface area contributed by atoms with E-state index in [1.165, 1.54) is 16.9 Å². The number of aryl methyl sites for hydroxylation is 2. The lowest BCUT2D eigenvalue weighted by atomic mass is 10.0. The van der Waals surface area contributed by atoms with Crippen LogP contribution >= 0.6 is 34.5 Å². The topological polar surface area (TPSA) is 51.0 Å². The molecule has 166 valence electrons. The maximum atomic E-state index is 13.6. The van der Waals surface area contributed by atoms with Crippen LogP contribution in [0.1, 0.15) is 47.1 Å². The Hall–Kier alpha value is -2.41. The van der Waals surface area contributed by atoms with Crippen molar-refractivity contribution in [1.29, 1.82) is 0 Å². The summed E-state index contributed by atoms with van der Waals surface area (Å²) in [5.41, 5.74) is 4.50. The van der Waals surface area contributed by atoms with Crippen molar-refractivity contribution in [3.63, 3.8) is 0 Å². The Morgan fingerprint density at radius 1 is 1.16 bits per heavy atom. The van der Waals surface area contributed by atoms with E-state index in [9.17, 15) is 4.79 Å². The van der Waals surface area contributed by atoms with Gasteiger partial charge in [0.15, 0.2) is 5.13 Å². The molecular formula is C24H24Cl2N4OS. The quantitative estimate of drug-likeness (QED) is 0.298. The van der Waals surface area contributed by atoms with Crippen molar-refractivity contribution in [1.82, 2.24) is 14.8 Å². The van der Waals surface area contributed by atoms with Gasteiger partial charge in [-0.25, -0.2) is 4.98 Å². The number of fused-ring (bicyclic) bond motifs is 1. The van der Waals surface area contributed by atoms with Gasteiger partial charge in [-0.2, -0.15) is 5.10 Å². The molecule has 0 unspecified atom stereocenters. The summed E-state index contributed by atoms with van der Waals surface area (Å²) in [6.07, 6.45) is 0. The zero-order chi connectivity index (χ0) is 23.0. The van der Waals surface area contributed by atoms with Crippen LogP contribution in [0, 0.1) is 13.8 Å². The van der Waals surface area contributed by atoms with Crippen LogP contribution in [0.3, 0.4) is 0 Å². The summed E-state index contributed by atoms with van der Waals surface area (Å²) in [5.74, 6) is 0.122. The zero-order valence-electron chi connectivity index (χ0n) is 18.4. The Bertz CT molecular complexity index is 1290. The predicted octanol–water partition coefficient (Wildman–Crippen LogP) is 6.89. The second kappa shape index (κ2) is 9.22. The van der Waals surface area contributed by atoms with Crippen LogP contribution in [-0.4, -0.2) is 27.2 Å². The van der Waals surface area contributed by atoms with E-state index in [1.54, 1.807) is 23.1 Å². The van der Waals surface area contributed by atoms with E-state index in [-0.39, 0.29) is 5.91 Å². The number of amides is 1. The molecule has 32 heavy (non-hydrogen) atoms. The number of anilines is 1. The summed E-state index contributed by atoms with van der Waals surface area (Å²) < 4.78 is 2.96. The van der Waals surface area contributed by atoms with E-state index in [0.29, 0.717) is 39.7 Å². The molecule has 0 N–H and O–H groups in total. The fraction of sp³-hybridized carbons (Fsp3) is 0.292. The molecule has 0 saturated carbocycles. The highest BCUT2D eigenvalue weighted by Gasteiger charge is 2.24. The van der Waals surface area contributed by atoms with E-state index in [2.05, 4.69) is 25.0 Å². The second-order valence-electron chi connectivity index (χ2n) is 8.08. The maximum Gasteiger partial charge on any atom is 0.261 e. The largest absolute Gasteiger partial charge is 0.282 e. The van der Waals surface area contributed by atoms with E-state index in [0.717, 1.165) is 21.6 Å². The molecule has 0 spiro atoms. The summed E-state index contributed by atoms with van der Waals surface area (Å²) in [7, 11) is 0. The van der Waals surface area contributed by atoms with Gasteiger partial charge in [-0.1, -0.05) is 60.5 Å².